The van der Waals surface area contributed by atoms with Crippen LogP contribution in [0.25, 0.3) is 10.9 Å². The van der Waals surface area contributed by atoms with Crippen LogP contribution in [-0.4, -0.2) is 17.4 Å². The largest absolute Gasteiger partial charge is 0.494 e. The number of ketones is 1. The van der Waals surface area contributed by atoms with Gasteiger partial charge in [-0.1, -0.05) is 0 Å². The van der Waals surface area contributed by atoms with E-state index < -0.39 is 0 Å². The molecule has 0 fully saturated rings. The summed E-state index contributed by atoms with van der Waals surface area (Å²) in [6, 6.07) is 7.62. The highest BCUT2D eigenvalue weighted by molar-refractivity contribution is 5.98. The molecule has 2 rings (SSSR count). The second kappa shape index (κ2) is 3.77. The molecule has 0 aliphatic heterocycles. The van der Waals surface area contributed by atoms with Crippen molar-refractivity contribution in [3.05, 3.63) is 30.0 Å². The summed E-state index contributed by atoms with van der Waals surface area (Å²) in [5.74, 6) is 0.867. The first kappa shape index (κ1) is 9.77. The fourth-order valence-corrected chi connectivity index (χ4v) is 1.55. The minimum Gasteiger partial charge on any atom is -0.494 e. The maximum Gasteiger partial charge on any atom is 0.175 e. The second-order valence-corrected chi connectivity index (χ2v) is 3.42. The fraction of sp³-hybridized carbons (Fsp3) is 0.250. The van der Waals surface area contributed by atoms with Crippen molar-refractivity contribution >= 4 is 16.7 Å². The van der Waals surface area contributed by atoms with E-state index in [1.165, 1.54) is 0 Å². The third-order valence-electron chi connectivity index (χ3n) is 2.28. The minimum absolute atomic E-state index is 0.0455. The molecule has 0 spiro atoms. The van der Waals surface area contributed by atoms with Crippen molar-refractivity contribution in [3.8, 4) is 5.75 Å². The first-order chi connectivity index (χ1) is 7.20. The van der Waals surface area contributed by atoms with Gasteiger partial charge in [0, 0.05) is 23.9 Å². The molecular formula is C12H13NO2. The maximum atomic E-state index is 11.2. The Morgan fingerprint density at radius 3 is 2.87 bits per heavy atom. The monoisotopic (exact) mass is 203 g/mol. The van der Waals surface area contributed by atoms with Crippen molar-refractivity contribution < 1.29 is 9.53 Å². The second-order valence-electron chi connectivity index (χ2n) is 3.42. The molecule has 2 aromatic rings. The highest BCUT2D eigenvalue weighted by Gasteiger charge is 2.05. The lowest BCUT2D eigenvalue weighted by molar-refractivity contribution is 0.101. The molecule has 0 atom stereocenters. The standard InChI is InChI=1S/C12H13NO2/c1-3-15-10-5-4-9-6-11(8(2)14)13-12(9)7-10/h4-7,13H,3H2,1-2H3. The Labute approximate surface area is 88.1 Å². The van der Waals surface area contributed by atoms with Crippen LogP contribution in [0.1, 0.15) is 24.3 Å². The van der Waals surface area contributed by atoms with Gasteiger partial charge in [-0.15, -0.1) is 0 Å². The molecule has 3 heteroatoms. The average molecular weight is 203 g/mol. The molecule has 0 saturated carbocycles. The Hall–Kier alpha value is -1.77. The minimum atomic E-state index is 0.0455. The number of ether oxygens (including phenoxy) is 1. The normalized spacial score (nSPS) is 10.5. The fourth-order valence-electron chi connectivity index (χ4n) is 1.55. The van der Waals surface area contributed by atoms with E-state index in [9.17, 15) is 4.79 Å². The van der Waals surface area contributed by atoms with Crippen LogP contribution in [0.15, 0.2) is 24.3 Å². The number of benzene rings is 1. The zero-order valence-corrected chi connectivity index (χ0v) is 8.83. The van der Waals surface area contributed by atoms with Gasteiger partial charge in [0.1, 0.15) is 5.75 Å². The molecule has 15 heavy (non-hydrogen) atoms. The van der Waals surface area contributed by atoms with E-state index in [1.807, 2.05) is 31.2 Å². The molecule has 78 valence electrons. The highest BCUT2D eigenvalue weighted by Crippen LogP contribution is 2.21. The van der Waals surface area contributed by atoms with E-state index in [2.05, 4.69) is 4.98 Å². The van der Waals surface area contributed by atoms with Crippen molar-refractivity contribution in [1.29, 1.82) is 0 Å². The topological polar surface area (TPSA) is 42.1 Å². The van der Waals surface area contributed by atoms with Crippen LogP contribution >= 0.6 is 0 Å². The molecule has 3 nitrogen and oxygen atoms in total. The summed E-state index contributed by atoms with van der Waals surface area (Å²) in [6.07, 6.45) is 0. The zero-order valence-electron chi connectivity index (χ0n) is 8.83. The summed E-state index contributed by atoms with van der Waals surface area (Å²) < 4.78 is 5.38. The summed E-state index contributed by atoms with van der Waals surface area (Å²) in [4.78, 5) is 14.2. The number of nitrogens with one attached hydrogen (secondary N) is 1. The number of hydrogen-bond donors (Lipinski definition) is 1. The molecule has 0 saturated heterocycles. The number of aromatic nitrogens is 1. The van der Waals surface area contributed by atoms with Gasteiger partial charge in [0.05, 0.1) is 12.3 Å². The van der Waals surface area contributed by atoms with Gasteiger partial charge in [-0.3, -0.25) is 4.79 Å². The maximum absolute atomic E-state index is 11.2. The number of hydrogen-bond acceptors (Lipinski definition) is 2. The molecule has 0 bridgehead atoms. The predicted molar refractivity (Wildman–Crippen MR) is 59.5 cm³/mol. The van der Waals surface area contributed by atoms with Crippen LogP contribution in [0.5, 0.6) is 5.75 Å². The van der Waals surface area contributed by atoms with Gasteiger partial charge in [-0.25, -0.2) is 0 Å². The number of Topliss-reactive ketones (excluding diaryl/α,β-unsaturated/α-hetero) is 1. The van der Waals surface area contributed by atoms with Crippen LogP contribution in [0.2, 0.25) is 0 Å². The van der Waals surface area contributed by atoms with Crippen molar-refractivity contribution in [2.75, 3.05) is 6.61 Å². The molecule has 0 amide bonds. The van der Waals surface area contributed by atoms with Crippen molar-refractivity contribution in [1.82, 2.24) is 4.98 Å². The van der Waals surface area contributed by atoms with E-state index in [1.54, 1.807) is 6.92 Å². The lowest BCUT2D eigenvalue weighted by atomic mass is 10.2. The molecule has 0 unspecified atom stereocenters. The van der Waals surface area contributed by atoms with Gasteiger partial charge >= 0.3 is 0 Å². The van der Waals surface area contributed by atoms with Crippen LogP contribution in [0, 0.1) is 0 Å². The van der Waals surface area contributed by atoms with E-state index in [0.29, 0.717) is 12.3 Å². The predicted octanol–water partition coefficient (Wildman–Crippen LogP) is 2.77. The quantitative estimate of drug-likeness (QED) is 0.779. The van der Waals surface area contributed by atoms with Crippen molar-refractivity contribution in [3.63, 3.8) is 0 Å². The Kier molecular flexibility index (Phi) is 2.46. The summed E-state index contributed by atoms with van der Waals surface area (Å²) in [6.45, 7) is 4.14. The molecule has 0 aliphatic carbocycles. The van der Waals surface area contributed by atoms with Gasteiger partial charge in [0.25, 0.3) is 0 Å². The SMILES string of the molecule is CCOc1ccc2cc(C(C)=O)[nH]c2c1. The summed E-state index contributed by atoms with van der Waals surface area (Å²) in [5, 5.41) is 1.03. The van der Waals surface area contributed by atoms with Crippen LogP contribution in [0.3, 0.4) is 0 Å². The Balaban J connectivity index is 2.47. The van der Waals surface area contributed by atoms with E-state index in [0.717, 1.165) is 16.7 Å². The van der Waals surface area contributed by atoms with Gasteiger partial charge < -0.3 is 9.72 Å². The summed E-state index contributed by atoms with van der Waals surface area (Å²) >= 11 is 0. The van der Waals surface area contributed by atoms with E-state index in [-0.39, 0.29) is 5.78 Å². The third-order valence-corrected chi connectivity index (χ3v) is 2.28. The summed E-state index contributed by atoms with van der Waals surface area (Å²) in [5.41, 5.74) is 1.57. The van der Waals surface area contributed by atoms with E-state index >= 15 is 0 Å². The Morgan fingerprint density at radius 1 is 1.40 bits per heavy atom. The van der Waals surface area contributed by atoms with Gasteiger partial charge in [-0.2, -0.15) is 0 Å². The first-order valence-corrected chi connectivity index (χ1v) is 4.97. The lowest BCUT2D eigenvalue weighted by Gasteiger charge is -2.01. The van der Waals surface area contributed by atoms with Gasteiger partial charge in [0.15, 0.2) is 5.78 Å². The smallest absolute Gasteiger partial charge is 0.175 e. The highest BCUT2D eigenvalue weighted by atomic mass is 16.5. The Morgan fingerprint density at radius 2 is 2.20 bits per heavy atom. The van der Waals surface area contributed by atoms with Crippen molar-refractivity contribution in [2.24, 2.45) is 0 Å². The van der Waals surface area contributed by atoms with Crippen LogP contribution in [0.4, 0.5) is 0 Å². The third kappa shape index (κ3) is 1.86. The van der Waals surface area contributed by atoms with Gasteiger partial charge in [-0.05, 0) is 25.1 Å². The number of fused-ring (bicyclic) bond motifs is 1. The van der Waals surface area contributed by atoms with Crippen LogP contribution in [-0.2, 0) is 0 Å². The lowest BCUT2D eigenvalue weighted by Crippen LogP contribution is -1.91. The molecule has 0 aliphatic rings. The number of H-pyrrole nitrogens is 1. The number of carbonyl (C=O) groups is 1. The molecule has 1 aromatic carbocycles. The Bertz CT molecular complexity index is 499. The first-order valence-electron chi connectivity index (χ1n) is 4.97. The summed E-state index contributed by atoms with van der Waals surface area (Å²) in [7, 11) is 0. The molecule has 1 heterocycles. The molecule has 1 N–H and O–H groups in total. The van der Waals surface area contributed by atoms with Gasteiger partial charge in [0.2, 0.25) is 0 Å². The average Bonchev–Trinajstić information content (AvgIpc) is 2.61. The number of carbonyl (C=O) groups excluding carboxylic acids is 1. The zero-order chi connectivity index (χ0) is 10.8. The number of rotatable bonds is 3. The molecule has 1 aromatic heterocycles. The van der Waals surface area contributed by atoms with E-state index in [4.69, 9.17) is 4.74 Å². The molecular weight excluding hydrogens is 190 g/mol. The number of aromatic amines is 1. The van der Waals surface area contributed by atoms with Crippen molar-refractivity contribution in [2.45, 2.75) is 13.8 Å². The molecule has 0 radical (unpaired) electrons. The van der Waals surface area contributed by atoms with Crippen LogP contribution < -0.4 is 4.74 Å².